The fourth-order valence-corrected chi connectivity index (χ4v) is 1.63. The fourth-order valence-electron chi connectivity index (χ4n) is 1.46. The zero-order chi connectivity index (χ0) is 11.0. The molecule has 5 nitrogen and oxygen atoms in total. The van der Waals surface area contributed by atoms with Gasteiger partial charge in [-0.15, -0.1) is 0 Å². The van der Waals surface area contributed by atoms with Crippen LogP contribution in [0.4, 0.5) is 5.69 Å². The first kappa shape index (κ1) is 10.2. The third-order valence-electron chi connectivity index (χ3n) is 2.26. The van der Waals surface area contributed by atoms with E-state index in [1.807, 2.05) is 6.92 Å². The van der Waals surface area contributed by atoms with Gasteiger partial charge in [0.2, 0.25) is 0 Å². The second kappa shape index (κ2) is 3.67. The number of nitrogen functional groups attached to an aromatic ring is 1. The minimum absolute atomic E-state index is 0.161. The summed E-state index contributed by atoms with van der Waals surface area (Å²) in [6.45, 7) is 1.89. The Labute approximate surface area is 91.8 Å². The summed E-state index contributed by atoms with van der Waals surface area (Å²) in [5.74, 6) is 0. The van der Waals surface area contributed by atoms with Gasteiger partial charge in [-0.2, -0.15) is 5.10 Å². The van der Waals surface area contributed by atoms with Crippen LogP contribution >= 0.6 is 11.6 Å². The second-order valence-electron chi connectivity index (χ2n) is 3.21. The molecule has 0 saturated carbocycles. The van der Waals surface area contributed by atoms with Gasteiger partial charge in [0, 0.05) is 13.2 Å². The van der Waals surface area contributed by atoms with Crippen LogP contribution in [0.15, 0.2) is 12.3 Å². The number of ether oxygens (including phenoxy) is 1. The maximum Gasteiger partial charge on any atom is 0.157 e. The van der Waals surface area contributed by atoms with E-state index in [-0.39, 0.29) is 6.10 Å². The summed E-state index contributed by atoms with van der Waals surface area (Å²) in [5.41, 5.74) is 7.78. The Balaban J connectivity index is 2.73. The van der Waals surface area contributed by atoms with Crippen LogP contribution in [0.3, 0.4) is 0 Å². The molecule has 15 heavy (non-hydrogen) atoms. The van der Waals surface area contributed by atoms with Crippen LogP contribution in [0.1, 0.15) is 18.7 Å². The molecule has 0 saturated heterocycles. The van der Waals surface area contributed by atoms with E-state index >= 15 is 0 Å². The number of halogens is 1. The van der Waals surface area contributed by atoms with E-state index in [2.05, 4.69) is 10.1 Å². The van der Waals surface area contributed by atoms with Crippen molar-refractivity contribution in [2.75, 3.05) is 12.8 Å². The highest BCUT2D eigenvalue weighted by Gasteiger charge is 2.15. The molecule has 0 radical (unpaired) electrons. The average Bonchev–Trinajstić information content (AvgIpc) is 2.57. The molecule has 2 heterocycles. The molecule has 80 valence electrons. The van der Waals surface area contributed by atoms with Gasteiger partial charge < -0.3 is 10.5 Å². The van der Waals surface area contributed by atoms with Crippen molar-refractivity contribution in [1.82, 2.24) is 14.6 Å². The molecule has 2 aromatic heterocycles. The minimum atomic E-state index is -0.161. The zero-order valence-corrected chi connectivity index (χ0v) is 9.19. The molecule has 0 fully saturated rings. The summed E-state index contributed by atoms with van der Waals surface area (Å²) < 4.78 is 6.83. The molecule has 0 aliphatic heterocycles. The van der Waals surface area contributed by atoms with Crippen molar-refractivity contribution in [2.45, 2.75) is 13.0 Å². The van der Waals surface area contributed by atoms with Gasteiger partial charge in [0.15, 0.2) is 10.8 Å². The Bertz CT molecular complexity index is 496. The first-order valence-corrected chi connectivity index (χ1v) is 4.83. The minimum Gasteiger partial charge on any atom is -0.396 e. The monoisotopic (exact) mass is 226 g/mol. The first-order chi connectivity index (χ1) is 7.13. The van der Waals surface area contributed by atoms with Gasteiger partial charge in [-0.05, 0) is 6.92 Å². The van der Waals surface area contributed by atoms with Crippen molar-refractivity contribution in [3.63, 3.8) is 0 Å². The Kier molecular flexibility index (Phi) is 2.50. The average molecular weight is 227 g/mol. The van der Waals surface area contributed by atoms with Gasteiger partial charge in [0.05, 0.1) is 23.7 Å². The maximum atomic E-state index is 5.83. The molecule has 1 atom stereocenters. The molecule has 0 spiro atoms. The number of aromatic nitrogens is 3. The van der Waals surface area contributed by atoms with Crippen molar-refractivity contribution in [3.05, 3.63) is 23.1 Å². The second-order valence-corrected chi connectivity index (χ2v) is 3.60. The smallest absolute Gasteiger partial charge is 0.157 e. The predicted octanol–water partition coefficient (Wildman–Crippen LogP) is 1.67. The van der Waals surface area contributed by atoms with Gasteiger partial charge in [-0.3, -0.25) is 0 Å². The van der Waals surface area contributed by atoms with Gasteiger partial charge in [0.25, 0.3) is 0 Å². The van der Waals surface area contributed by atoms with Crippen LogP contribution in [0.2, 0.25) is 5.15 Å². The summed E-state index contributed by atoms with van der Waals surface area (Å²) in [6.07, 6.45) is 1.42. The number of rotatable bonds is 2. The van der Waals surface area contributed by atoms with Crippen LogP contribution in [0, 0.1) is 0 Å². The lowest BCUT2D eigenvalue weighted by atomic mass is 10.2. The predicted molar refractivity (Wildman–Crippen MR) is 57.8 cm³/mol. The normalized spacial score (nSPS) is 13.3. The van der Waals surface area contributed by atoms with E-state index in [1.54, 1.807) is 23.9 Å². The summed E-state index contributed by atoms with van der Waals surface area (Å²) in [5, 5.41) is 4.49. The molecule has 2 rings (SSSR count). The molecular weight excluding hydrogens is 216 g/mol. The summed E-state index contributed by atoms with van der Waals surface area (Å²) in [6, 6.07) is 1.67. The summed E-state index contributed by atoms with van der Waals surface area (Å²) in [7, 11) is 1.61. The standard InChI is InChI=1S/C9H11ClN4O/c1-5(15-2)9-6(11)4-12-8-3-7(10)13-14(8)9/h3-5H,11H2,1-2H3/t5-/m1/s1. The zero-order valence-electron chi connectivity index (χ0n) is 8.44. The number of anilines is 1. The molecular formula is C9H11ClN4O. The lowest BCUT2D eigenvalue weighted by molar-refractivity contribution is 0.114. The number of nitrogens with two attached hydrogens (primary N) is 1. The van der Waals surface area contributed by atoms with Crippen LogP contribution in [-0.2, 0) is 4.74 Å². The quantitative estimate of drug-likeness (QED) is 0.846. The van der Waals surface area contributed by atoms with E-state index < -0.39 is 0 Å². The van der Waals surface area contributed by atoms with E-state index in [0.717, 1.165) is 5.69 Å². The Morgan fingerprint density at radius 2 is 2.33 bits per heavy atom. The molecule has 0 bridgehead atoms. The molecule has 0 aliphatic rings. The molecule has 6 heteroatoms. The number of fused-ring (bicyclic) bond motifs is 1. The van der Waals surface area contributed by atoms with Gasteiger partial charge in [-0.25, -0.2) is 9.50 Å². The molecule has 2 aromatic rings. The highest BCUT2D eigenvalue weighted by Crippen LogP contribution is 2.23. The topological polar surface area (TPSA) is 65.4 Å². The summed E-state index contributed by atoms with van der Waals surface area (Å²) in [4.78, 5) is 4.11. The van der Waals surface area contributed by atoms with Crippen molar-refractivity contribution >= 4 is 22.9 Å². The Morgan fingerprint density at radius 1 is 1.60 bits per heavy atom. The van der Waals surface area contributed by atoms with Crippen molar-refractivity contribution in [2.24, 2.45) is 0 Å². The Morgan fingerprint density at radius 3 is 3.00 bits per heavy atom. The van der Waals surface area contributed by atoms with Crippen LogP contribution in [-0.4, -0.2) is 21.7 Å². The van der Waals surface area contributed by atoms with E-state index in [0.29, 0.717) is 16.5 Å². The molecule has 0 unspecified atom stereocenters. The van der Waals surface area contributed by atoms with Crippen LogP contribution in [0.25, 0.3) is 5.65 Å². The SMILES string of the molecule is CO[C@H](C)c1c(N)cnc2cc(Cl)nn12. The van der Waals surface area contributed by atoms with E-state index in [9.17, 15) is 0 Å². The van der Waals surface area contributed by atoms with Crippen LogP contribution < -0.4 is 5.73 Å². The van der Waals surface area contributed by atoms with Crippen LogP contribution in [0.5, 0.6) is 0 Å². The van der Waals surface area contributed by atoms with Gasteiger partial charge in [-0.1, -0.05) is 11.6 Å². The Hall–Kier alpha value is -1.33. The molecule has 2 N–H and O–H groups in total. The lowest BCUT2D eigenvalue weighted by Gasteiger charge is -2.13. The number of hydrogen-bond acceptors (Lipinski definition) is 4. The lowest BCUT2D eigenvalue weighted by Crippen LogP contribution is -2.10. The first-order valence-electron chi connectivity index (χ1n) is 4.46. The third kappa shape index (κ3) is 1.64. The maximum absolute atomic E-state index is 5.83. The number of methoxy groups -OCH3 is 1. The summed E-state index contributed by atoms with van der Waals surface area (Å²) >= 11 is 5.80. The highest BCUT2D eigenvalue weighted by molar-refractivity contribution is 6.29. The van der Waals surface area contributed by atoms with E-state index in [1.165, 1.54) is 0 Å². The van der Waals surface area contributed by atoms with Crippen molar-refractivity contribution in [3.8, 4) is 0 Å². The third-order valence-corrected chi connectivity index (χ3v) is 2.44. The van der Waals surface area contributed by atoms with Crippen molar-refractivity contribution < 1.29 is 4.74 Å². The number of nitrogens with zero attached hydrogens (tertiary/aromatic N) is 3. The number of hydrogen-bond donors (Lipinski definition) is 1. The molecule has 0 aliphatic carbocycles. The highest BCUT2D eigenvalue weighted by atomic mass is 35.5. The van der Waals surface area contributed by atoms with E-state index in [4.69, 9.17) is 22.1 Å². The molecule has 0 aromatic carbocycles. The fraction of sp³-hybridized carbons (Fsp3) is 0.333. The largest absolute Gasteiger partial charge is 0.396 e. The van der Waals surface area contributed by atoms with Gasteiger partial charge in [0.1, 0.15) is 0 Å². The molecule has 0 amide bonds. The van der Waals surface area contributed by atoms with Gasteiger partial charge >= 0.3 is 0 Å². The van der Waals surface area contributed by atoms with Crippen molar-refractivity contribution in [1.29, 1.82) is 0 Å².